The highest BCUT2D eigenvalue weighted by molar-refractivity contribution is 5.99. The molecular weight excluding hydrogens is 362 g/mol. The van der Waals surface area contributed by atoms with E-state index in [4.69, 9.17) is 9.47 Å². The van der Waals surface area contributed by atoms with Gasteiger partial charge in [-0.15, -0.1) is 0 Å². The summed E-state index contributed by atoms with van der Waals surface area (Å²) in [5, 5.41) is 2.55. The highest BCUT2D eigenvalue weighted by Gasteiger charge is 2.28. The molecule has 156 valence electrons. The quantitative estimate of drug-likeness (QED) is 0.277. The average Bonchev–Trinajstić information content (AvgIpc) is 3.24. The van der Waals surface area contributed by atoms with E-state index in [1.165, 1.54) is 18.9 Å². The van der Waals surface area contributed by atoms with Crippen molar-refractivity contribution in [1.82, 2.24) is 5.32 Å². The smallest absolute Gasteiger partial charge is 0.331 e. The van der Waals surface area contributed by atoms with Gasteiger partial charge in [0.15, 0.2) is 0 Å². The Kier molecular flexibility index (Phi) is 9.72. The van der Waals surface area contributed by atoms with E-state index < -0.39 is 17.9 Å². The second-order valence-corrected chi connectivity index (χ2v) is 7.49. The lowest BCUT2D eigenvalue weighted by Crippen LogP contribution is -2.38. The highest BCUT2D eigenvalue weighted by atomic mass is 16.5. The summed E-state index contributed by atoms with van der Waals surface area (Å²) in [7, 11) is 0. The van der Waals surface area contributed by atoms with Crippen LogP contribution < -0.4 is 5.32 Å². The van der Waals surface area contributed by atoms with E-state index in [9.17, 15) is 19.2 Å². The van der Waals surface area contributed by atoms with Crippen molar-refractivity contribution in [2.75, 3.05) is 6.61 Å². The number of hydrogen-bond acceptors (Lipinski definition) is 6. The summed E-state index contributed by atoms with van der Waals surface area (Å²) < 4.78 is 9.86. The molecule has 1 amide bonds. The van der Waals surface area contributed by atoms with E-state index in [-0.39, 0.29) is 24.3 Å². The lowest BCUT2D eigenvalue weighted by molar-refractivity contribution is -0.142. The summed E-state index contributed by atoms with van der Waals surface area (Å²) >= 11 is 0. The van der Waals surface area contributed by atoms with Crippen LogP contribution in [0.4, 0.5) is 0 Å². The Labute approximate surface area is 166 Å². The van der Waals surface area contributed by atoms with Crippen molar-refractivity contribution in [3.63, 3.8) is 0 Å². The molecule has 7 heteroatoms. The fraction of sp³-hybridized carbons (Fsp3) is 0.714. The number of Topliss-reactive ketones (excluding diaryl/α,β-unsaturated/α-hetero) is 1. The zero-order valence-electron chi connectivity index (χ0n) is 16.5. The van der Waals surface area contributed by atoms with E-state index in [1.54, 1.807) is 0 Å². The minimum Gasteiger partial charge on any atom is -0.464 e. The van der Waals surface area contributed by atoms with E-state index >= 15 is 0 Å². The molecule has 0 spiro atoms. The van der Waals surface area contributed by atoms with Gasteiger partial charge >= 0.3 is 11.9 Å². The van der Waals surface area contributed by atoms with Crippen LogP contribution in [-0.2, 0) is 28.7 Å². The zero-order chi connectivity index (χ0) is 20.2. The molecule has 2 aliphatic heterocycles. The number of amides is 1. The van der Waals surface area contributed by atoms with Crippen LogP contribution in [0.15, 0.2) is 12.2 Å². The van der Waals surface area contributed by atoms with Crippen LogP contribution in [0.1, 0.15) is 77.0 Å². The molecule has 0 saturated carbocycles. The van der Waals surface area contributed by atoms with Gasteiger partial charge in [0.25, 0.3) is 0 Å². The van der Waals surface area contributed by atoms with Gasteiger partial charge in [-0.2, -0.15) is 0 Å². The molecule has 28 heavy (non-hydrogen) atoms. The van der Waals surface area contributed by atoms with Gasteiger partial charge in [0.05, 0.1) is 13.0 Å². The maximum absolute atomic E-state index is 11.8. The largest absolute Gasteiger partial charge is 0.464 e. The average molecular weight is 393 g/mol. The Morgan fingerprint density at radius 3 is 2.29 bits per heavy atom. The number of ketones is 1. The number of nitrogens with one attached hydrogen (secondary N) is 1. The molecule has 1 saturated heterocycles. The van der Waals surface area contributed by atoms with Crippen molar-refractivity contribution in [3.05, 3.63) is 12.2 Å². The van der Waals surface area contributed by atoms with Crippen LogP contribution in [0.25, 0.3) is 0 Å². The van der Waals surface area contributed by atoms with Gasteiger partial charge in [0.2, 0.25) is 5.91 Å². The van der Waals surface area contributed by atoms with Crippen molar-refractivity contribution < 1.29 is 28.7 Å². The highest BCUT2D eigenvalue weighted by Crippen LogP contribution is 2.15. The van der Waals surface area contributed by atoms with E-state index in [0.717, 1.165) is 44.9 Å². The normalized spacial score (nSPS) is 20.9. The monoisotopic (exact) mass is 393 g/mol. The molecule has 0 aromatic carbocycles. The molecule has 7 nitrogen and oxygen atoms in total. The number of carbonyl (C=O) groups is 4. The number of unbranched alkanes of at least 4 members (excludes halogenated alkanes) is 7. The van der Waals surface area contributed by atoms with Crippen molar-refractivity contribution in [1.29, 1.82) is 0 Å². The van der Waals surface area contributed by atoms with Gasteiger partial charge in [-0.1, -0.05) is 38.5 Å². The molecule has 1 fully saturated rings. The lowest BCUT2D eigenvalue weighted by Gasteiger charge is -2.08. The lowest BCUT2D eigenvalue weighted by atomic mass is 10.0. The van der Waals surface area contributed by atoms with Crippen LogP contribution >= 0.6 is 0 Å². The van der Waals surface area contributed by atoms with Crippen molar-refractivity contribution >= 4 is 23.6 Å². The SMILES string of the molecule is O=C(CCCCCCCCCCC1C=CC(=O)O1)CC(=O)N[C@H]1CCOC1=O. The summed E-state index contributed by atoms with van der Waals surface area (Å²) in [6.45, 7) is 0.324. The third-order valence-corrected chi connectivity index (χ3v) is 5.04. The van der Waals surface area contributed by atoms with Gasteiger partial charge in [-0.05, 0) is 25.3 Å². The van der Waals surface area contributed by atoms with Crippen LogP contribution in [-0.4, -0.2) is 42.4 Å². The summed E-state index contributed by atoms with van der Waals surface area (Å²) in [5.74, 6) is -1.12. The maximum atomic E-state index is 11.8. The number of esters is 2. The molecule has 2 heterocycles. The molecule has 0 radical (unpaired) electrons. The minimum atomic E-state index is -0.593. The first-order valence-corrected chi connectivity index (χ1v) is 10.4. The maximum Gasteiger partial charge on any atom is 0.331 e. The van der Waals surface area contributed by atoms with Gasteiger partial charge in [-0.25, -0.2) is 9.59 Å². The minimum absolute atomic E-state index is 0.0286. The topological polar surface area (TPSA) is 98.8 Å². The molecule has 0 aromatic rings. The van der Waals surface area contributed by atoms with Crippen molar-refractivity contribution in [2.24, 2.45) is 0 Å². The molecule has 2 aliphatic rings. The Morgan fingerprint density at radius 1 is 1.00 bits per heavy atom. The van der Waals surface area contributed by atoms with E-state index in [2.05, 4.69) is 5.32 Å². The van der Waals surface area contributed by atoms with E-state index in [1.807, 2.05) is 6.08 Å². The second-order valence-electron chi connectivity index (χ2n) is 7.49. The van der Waals surface area contributed by atoms with Crippen molar-refractivity contribution in [2.45, 2.75) is 89.2 Å². The van der Waals surface area contributed by atoms with Gasteiger partial charge in [-0.3, -0.25) is 9.59 Å². The summed E-state index contributed by atoms with van der Waals surface area (Å²) in [6.07, 6.45) is 13.5. The second kappa shape index (κ2) is 12.3. The van der Waals surface area contributed by atoms with Crippen molar-refractivity contribution in [3.8, 4) is 0 Å². The third-order valence-electron chi connectivity index (χ3n) is 5.04. The number of cyclic esters (lactones) is 2. The Balaban J connectivity index is 1.36. The number of rotatable bonds is 14. The van der Waals surface area contributed by atoms with Crippen LogP contribution in [0, 0.1) is 0 Å². The summed E-state index contributed by atoms with van der Waals surface area (Å²) in [6, 6.07) is -0.593. The number of hydrogen-bond donors (Lipinski definition) is 1. The van der Waals surface area contributed by atoms with Crippen LogP contribution in [0.2, 0.25) is 0 Å². The molecule has 0 aromatic heterocycles. The van der Waals surface area contributed by atoms with Gasteiger partial charge in [0.1, 0.15) is 17.9 Å². The van der Waals surface area contributed by atoms with Crippen LogP contribution in [0.5, 0.6) is 0 Å². The first-order chi connectivity index (χ1) is 13.5. The molecule has 0 bridgehead atoms. The zero-order valence-corrected chi connectivity index (χ0v) is 16.5. The fourth-order valence-electron chi connectivity index (χ4n) is 3.44. The van der Waals surface area contributed by atoms with Gasteiger partial charge < -0.3 is 14.8 Å². The Bertz CT molecular complexity index is 585. The first kappa shape index (κ1) is 22.1. The molecular formula is C21H31NO6. The van der Waals surface area contributed by atoms with Crippen LogP contribution in [0.3, 0.4) is 0 Å². The Morgan fingerprint density at radius 2 is 1.68 bits per heavy atom. The molecule has 1 N–H and O–H groups in total. The summed E-state index contributed by atoms with van der Waals surface area (Å²) in [5.41, 5.74) is 0. The third kappa shape index (κ3) is 8.67. The molecule has 1 unspecified atom stereocenters. The number of ether oxygens (including phenoxy) is 2. The summed E-state index contributed by atoms with van der Waals surface area (Å²) in [4.78, 5) is 45.8. The standard InChI is InChI=1S/C21H31NO6/c23-16(15-19(24)22-18-13-14-27-21(18)26)9-7-5-3-1-2-4-6-8-10-17-11-12-20(25)28-17/h11-12,17-18H,1-10,13-15H2,(H,22,24)/t17?,18-/m0/s1. The predicted octanol–water partition coefficient (Wildman–Crippen LogP) is 2.76. The molecule has 2 atom stereocenters. The molecule has 2 rings (SSSR count). The number of carbonyl (C=O) groups excluding carboxylic acids is 4. The Hall–Kier alpha value is -2.18. The predicted molar refractivity (Wildman–Crippen MR) is 102 cm³/mol. The molecule has 0 aliphatic carbocycles. The first-order valence-electron chi connectivity index (χ1n) is 10.4. The fourth-order valence-corrected chi connectivity index (χ4v) is 3.44. The van der Waals surface area contributed by atoms with Gasteiger partial charge in [0, 0.05) is 18.9 Å². The van der Waals surface area contributed by atoms with E-state index in [0.29, 0.717) is 19.4 Å².